The van der Waals surface area contributed by atoms with Gasteiger partial charge in [0, 0.05) is 31.0 Å². The largest absolute Gasteiger partial charge is 0.497 e. The van der Waals surface area contributed by atoms with Crippen LogP contribution >= 0.6 is 22.9 Å². The third kappa shape index (κ3) is 5.05. The van der Waals surface area contributed by atoms with Gasteiger partial charge < -0.3 is 19.1 Å². The number of carbonyl (C=O) groups is 1. The number of nitrogens with zero attached hydrogens (tertiary/aromatic N) is 2. The summed E-state index contributed by atoms with van der Waals surface area (Å²) in [5.41, 5.74) is -0.0670. The maximum atomic E-state index is 13.0. The van der Waals surface area contributed by atoms with E-state index in [2.05, 4.69) is 4.98 Å². The number of likely N-dealkylation sites (tertiary alicyclic amines) is 1. The van der Waals surface area contributed by atoms with Crippen molar-refractivity contribution in [3.05, 3.63) is 47.5 Å². The van der Waals surface area contributed by atoms with Gasteiger partial charge in [-0.25, -0.2) is 4.98 Å². The molecule has 0 aliphatic carbocycles. The summed E-state index contributed by atoms with van der Waals surface area (Å²) in [6, 6.07) is 12.8. The molecule has 0 N–H and O–H groups in total. The number of rotatable bonds is 6. The van der Waals surface area contributed by atoms with Gasteiger partial charge in [-0.15, -0.1) is 0 Å². The lowest BCUT2D eigenvalue weighted by Crippen LogP contribution is -2.52. The molecular formula is C23H25ClN2O4S. The van der Waals surface area contributed by atoms with Gasteiger partial charge in [0.05, 0.1) is 17.3 Å². The third-order valence-corrected chi connectivity index (χ3v) is 6.44. The van der Waals surface area contributed by atoms with E-state index in [4.69, 9.17) is 25.8 Å². The molecule has 6 nitrogen and oxygen atoms in total. The van der Waals surface area contributed by atoms with Crippen molar-refractivity contribution in [3.8, 4) is 16.7 Å². The van der Waals surface area contributed by atoms with E-state index in [1.807, 2.05) is 23.1 Å². The Labute approximate surface area is 190 Å². The molecule has 1 aromatic heterocycles. The minimum atomic E-state index is -0.965. The molecule has 4 rings (SSSR count). The summed E-state index contributed by atoms with van der Waals surface area (Å²) in [4.78, 5) is 19.5. The number of hydrogen-bond donors (Lipinski definition) is 0. The number of amides is 1. The van der Waals surface area contributed by atoms with Gasteiger partial charge in [-0.3, -0.25) is 4.79 Å². The van der Waals surface area contributed by atoms with Crippen LogP contribution in [0.4, 0.5) is 0 Å². The van der Waals surface area contributed by atoms with Crippen molar-refractivity contribution < 1.29 is 19.0 Å². The second-order valence-corrected chi connectivity index (χ2v) is 9.42. The van der Waals surface area contributed by atoms with Crippen LogP contribution in [0.15, 0.2) is 42.5 Å². The van der Waals surface area contributed by atoms with E-state index in [-0.39, 0.29) is 12.0 Å². The molecule has 1 aliphatic rings. The third-order valence-electron chi connectivity index (χ3n) is 5.27. The second-order valence-electron chi connectivity index (χ2n) is 7.99. The van der Waals surface area contributed by atoms with Gasteiger partial charge in [0.25, 0.3) is 11.1 Å². The Balaban J connectivity index is 1.33. The predicted octanol–water partition coefficient (Wildman–Crippen LogP) is 5.19. The molecule has 1 aliphatic heterocycles. The highest BCUT2D eigenvalue weighted by atomic mass is 35.5. The predicted molar refractivity (Wildman–Crippen MR) is 123 cm³/mol. The lowest BCUT2D eigenvalue weighted by molar-refractivity contribution is -0.147. The first-order chi connectivity index (χ1) is 14.8. The van der Waals surface area contributed by atoms with Crippen LogP contribution < -0.4 is 14.2 Å². The Morgan fingerprint density at radius 1 is 1.13 bits per heavy atom. The number of piperidine rings is 1. The summed E-state index contributed by atoms with van der Waals surface area (Å²) in [6.45, 7) is 4.83. The summed E-state index contributed by atoms with van der Waals surface area (Å²) in [6.07, 6.45) is 1.54. The first kappa shape index (κ1) is 21.7. The highest BCUT2D eigenvalue weighted by Gasteiger charge is 2.36. The van der Waals surface area contributed by atoms with Crippen molar-refractivity contribution in [2.75, 3.05) is 20.2 Å². The smallest absolute Gasteiger partial charge is 0.274 e. The number of aromatic nitrogens is 1. The summed E-state index contributed by atoms with van der Waals surface area (Å²) in [5.74, 6) is 1.39. The van der Waals surface area contributed by atoms with Crippen molar-refractivity contribution in [1.29, 1.82) is 0 Å². The number of carbonyl (C=O) groups excluding carboxylic acids is 1. The number of benzene rings is 2. The number of thiazole rings is 1. The zero-order valence-corrected chi connectivity index (χ0v) is 19.3. The first-order valence-electron chi connectivity index (χ1n) is 10.2. The fourth-order valence-electron chi connectivity index (χ4n) is 3.60. The minimum Gasteiger partial charge on any atom is -0.497 e. The van der Waals surface area contributed by atoms with Crippen LogP contribution in [0.5, 0.6) is 16.7 Å². The Hall–Kier alpha value is -2.51. The molecule has 0 spiro atoms. The van der Waals surface area contributed by atoms with E-state index in [9.17, 15) is 4.79 Å². The van der Waals surface area contributed by atoms with Gasteiger partial charge in [-0.1, -0.05) is 22.9 Å². The molecule has 3 aromatic rings. The van der Waals surface area contributed by atoms with Gasteiger partial charge in [-0.05, 0) is 56.3 Å². The Kier molecular flexibility index (Phi) is 6.25. The second kappa shape index (κ2) is 8.93. The van der Waals surface area contributed by atoms with E-state index in [1.165, 1.54) is 11.3 Å². The molecule has 0 saturated carbocycles. The topological polar surface area (TPSA) is 60.9 Å². The average Bonchev–Trinajstić information content (AvgIpc) is 3.16. The highest BCUT2D eigenvalue weighted by Crippen LogP contribution is 2.32. The van der Waals surface area contributed by atoms with Crippen molar-refractivity contribution in [2.45, 2.75) is 38.4 Å². The maximum absolute atomic E-state index is 13.0. The van der Waals surface area contributed by atoms with Gasteiger partial charge >= 0.3 is 0 Å². The van der Waals surface area contributed by atoms with E-state index in [0.717, 1.165) is 28.8 Å². The molecule has 31 heavy (non-hydrogen) atoms. The van der Waals surface area contributed by atoms with Crippen LogP contribution in [-0.4, -0.2) is 47.7 Å². The van der Waals surface area contributed by atoms with Crippen LogP contribution in [0.1, 0.15) is 26.7 Å². The molecule has 1 saturated heterocycles. The lowest BCUT2D eigenvalue weighted by Gasteiger charge is -2.36. The van der Waals surface area contributed by atoms with E-state index in [1.54, 1.807) is 45.2 Å². The monoisotopic (exact) mass is 460 g/mol. The van der Waals surface area contributed by atoms with Gasteiger partial charge in [0.15, 0.2) is 5.60 Å². The van der Waals surface area contributed by atoms with Crippen molar-refractivity contribution in [2.24, 2.45) is 0 Å². The van der Waals surface area contributed by atoms with Gasteiger partial charge in [-0.2, -0.15) is 0 Å². The quantitative estimate of drug-likeness (QED) is 0.506. The normalized spacial score (nSPS) is 15.2. The van der Waals surface area contributed by atoms with Crippen molar-refractivity contribution >= 4 is 39.1 Å². The molecule has 2 aromatic carbocycles. The number of fused-ring (bicyclic) bond motifs is 1. The average molecular weight is 461 g/mol. The van der Waals surface area contributed by atoms with E-state index in [0.29, 0.717) is 29.1 Å². The van der Waals surface area contributed by atoms with Crippen molar-refractivity contribution in [1.82, 2.24) is 9.88 Å². The fraction of sp³-hybridized carbons (Fsp3) is 0.391. The van der Waals surface area contributed by atoms with E-state index < -0.39 is 5.60 Å². The van der Waals surface area contributed by atoms with E-state index >= 15 is 0 Å². The maximum Gasteiger partial charge on any atom is 0.274 e. The summed E-state index contributed by atoms with van der Waals surface area (Å²) < 4.78 is 18.4. The summed E-state index contributed by atoms with van der Waals surface area (Å²) in [5, 5.41) is 1.28. The van der Waals surface area contributed by atoms with Crippen molar-refractivity contribution in [3.63, 3.8) is 0 Å². The molecular weight excluding hydrogens is 436 g/mol. The molecule has 2 heterocycles. The SMILES string of the molecule is COc1ccc2nc(OC3CCN(C(=O)C(C)(C)Oc4ccc(Cl)cc4)CC3)sc2c1. The molecule has 0 unspecified atom stereocenters. The van der Waals surface area contributed by atoms with Gasteiger partial charge in [0.2, 0.25) is 0 Å². The van der Waals surface area contributed by atoms with Crippen LogP contribution in [0.25, 0.3) is 10.2 Å². The zero-order valence-electron chi connectivity index (χ0n) is 17.8. The summed E-state index contributed by atoms with van der Waals surface area (Å²) in [7, 11) is 1.65. The molecule has 164 valence electrons. The number of hydrogen-bond acceptors (Lipinski definition) is 6. The molecule has 1 amide bonds. The van der Waals surface area contributed by atoms with Crippen LogP contribution in [-0.2, 0) is 4.79 Å². The molecule has 1 fully saturated rings. The number of halogens is 1. The summed E-state index contributed by atoms with van der Waals surface area (Å²) >= 11 is 7.43. The van der Waals surface area contributed by atoms with Crippen LogP contribution in [0.2, 0.25) is 5.02 Å². The lowest BCUT2D eigenvalue weighted by atomic mass is 10.0. The zero-order chi connectivity index (χ0) is 22.0. The molecule has 0 radical (unpaired) electrons. The number of ether oxygens (including phenoxy) is 3. The Morgan fingerprint density at radius 2 is 1.81 bits per heavy atom. The van der Waals surface area contributed by atoms with Gasteiger partial charge in [0.1, 0.15) is 17.6 Å². The minimum absolute atomic E-state index is 0.0341. The standard InChI is InChI=1S/C23H25ClN2O4S/c1-23(2,30-17-6-4-15(24)5-7-17)21(27)26-12-10-16(11-13-26)29-22-25-19-9-8-18(28-3)14-20(19)31-22/h4-9,14,16H,10-13H2,1-3H3. The molecule has 0 atom stereocenters. The van der Waals surface area contributed by atoms with Crippen LogP contribution in [0.3, 0.4) is 0 Å². The Bertz CT molecular complexity index is 1060. The fourth-order valence-corrected chi connectivity index (χ4v) is 4.64. The highest BCUT2D eigenvalue weighted by molar-refractivity contribution is 7.20. The first-order valence-corrected chi connectivity index (χ1v) is 11.4. The molecule has 0 bridgehead atoms. The number of methoxy groups -OCH3 is 1. The Morgan fingerprint density at radius 3 is 2.48 bits per heavy atom. The molecule has 8 heteroatoms. The van der Waals surface area contributed by atoms with Crippen LogP contribution in [0, 0.1) is 0 Å².